The number of anilines is 1. The van der Waals surface area contributed by atoms with Gasteiger partial charge in [-0.2, -0.15) is 0 Å². The second kappa shape index (κ2) is 7.48. The van der Waals surface area contributed by atoms with Crippen LogP contribution in [0.3, 0.4) is 0 Å². The van der Waals surface area contributed by atoms with Crippen LogP contribution in [0.4, 0.5) is 5.69 Å². The number of hydrogen-bond donors (Lipinski definition) is 1. The largest absolute Gasteiger partial charge is 0.497 e. The lowest BCUT2D eigenvalue weighted by molar-refractivity contribution is -0.923. The SMILES string of the molecule is COc1ccc(N2CC[NH+](Cn3c(=S)ccc4ccccc43)CC2)cc1. The van der Waals surface area contributed by atoms with Crippen molar-refractivity contribution in [2.75, 3.05) is 38.2 Å². The van der Waals surface area contributed by atoms with E-state index in [0.29, 0.717) is 0 Å². The van der Waals surface area contributed by atoms with E-state index in [4.69, 9.17) is 17.0 Å². The van der Waals surface area contributed by atoms with Gasteiger partial charge in [-0.3, -0.25) is 4.57 Å². The molecule has 0 radical (unpaired) electrons. The van der Waals surface area contributed by atoms with Crippen molar-refractivity contribution in [2.24, 2.45) is 0 Å². The molecule has 0 unspecified atom stereocenters. The highest BCUT2D eigenvalue weighted by atomic mass is 32.1. The molecule has 4 rings (SSSR count). The molecule has 1 saturated heterocycles. The first kappa shape index (κ1) is 17.1. The van der Waals surface area contributed by atoms with E-state index >= 15 is 0 Å². The molecule has 3 aromatic rings. The number of rotatable bonds is 4. The molecule has 134 valence electrons. The van der Waals surface area contributed by atoms with Gasteiger partial charge >= 0.3 is 0 Å². The Morgan fingerprint density at radius 2 is 1.69 bits per heavy atom. The van der Waals surface area contributed by atoms with Crippen molar-refractivity contribution in [3.8, 4) is 5.75 Å². The molecule has 0 atom stereocenters. The molecule has 1 fully saturated rings. The van der Waals surface area contributed by atoms with Crippen molar-refractivity contribution in [2.45, 2.75) is 6.67 Å². The van der Waals surface area contributed by atoms with E-state index in [1.54, 1.807) is 12.0 Å². The highest BCUT2D eigenvalue weighted by Gasteiger charge is 2.20. The second-order valence-corrected chi connectivity index (χ2v) is 7.17. The molecule has 0 aliphatic carbocycles. The van der Waals surface area contributed by atoms with Crippen molar-refractivity contribution in [3.05, 3.63) is 65.3 Å². The van der Waals surface area contributed by atoms with Crippen LogP contribution in [0.1, 0.15) is 0 Å². The second-order valence-electron chi connectivity index (χ2n) is 6.75. The Kier molecular flexibility index (Phi) is 4.91. The van der Waals surface area contributed by atoms with E-state index in [1.165, 1.54) is 16.6 Å². The smallest absolute Gasteiger partial charge is 0.158 e. The van der Waals surface area contributed by atoms with Crippen molar-refractivity contribution < 1.29 is 9.64 Å². The number of nitrogens with zero attached hydrogens (tertiary/aromatic N) is 2. The zero-order chi connectivity index (χ0) is 17.9. The summed E-state index contributed by atoms with van der Waals surface area (Å²) in [6, 6.07) is 21.0. The van der Waals surface area contributed by atoms with Crippen molar-refractivity contribution >= 4 is 28.8 Å². The first-order valence-electron chi connectivity index (χ1n) is 9.06. The van der Waals surface area contributed by atoms with Gasteiger partial charge in [0.05, 0.1) is 38.8 Å². The van der Waals surface area contributed by atoms with Gasteiger partial charge in [-0.25, -0.2) is 0 Å². The maximum absolute atomic E-state index is 5.60. The topological polar surface area (TPSA) is 21.8 Å². The predicted molar refractivity (Wildman–Crippen MR) is 109 cm³/mol. The van der Waals surface area contributed by atoms with Crippen molar-refractivity contribution in [1.29, 1.82) is 0 Å². The molecule has 2 aromatic carbocycles. The zero-order valence-electron chi connectivity index (χ0n) is 15.0. The quantitative estimate of drug-likeness (QED) is 0.718. The number of pyridine rings is 1. The number of methoxy groups -OCH3 is 1. The molecule has 2 heterocycles. The number of ether oxygens (including phenoxy) is 1. The summed E-state index contributed by atoms with van der Waals surface area (Å²) in [5, 5.41) is 1.25. The minimum absolute atomic E-state index is 0.906. The summed E-state index contributed by atoms with van der Waals surface area (Å²) in [5.41, 5.74) is 2.50. The first-order valence-corrected chi connectivity index (χ1v) is 9.46. The number of hydrogen-bond acceptors (Lipinski definition) is 3. The highest BCUT2D eigenvalue weighted by Crippen LogP contribution is 2.19. The monoisotopic (exact) mass is 366 g/mol. The van der Waals surface area contributed by atoms with E-state index < -0.39 is 0 Å². The lowest BCUT2D eigenvalue weighted by Crippen LogP contribution is -3.14. The van der Waals surface area contributed by atoms with Gasteiger partial charge in [0.2, 0.25) is 0 Å². The summed E-state index contributed by atoms with van der Waals surface area (Å²) >= 11 is 5.60. The number of piperazine rings is 1. The van der Waals surface area contributed by atoms with E-state index in [-0.39, 0.29) is 0 Å². The minimum Gasteiger partial charge on any atom is -0.497 e. The molecule has 0 spiro atoms. The third kappa shape index (κ3) is 3.45. The summed E-state index contributed by atoms with van der Waals surface area (Å²) in [4.78, 5) is 4.02. The first-order chi connectivity index (χ1) is 12.7. The van der Waals surface area contributed by atoms with Gasteiger partial charge in [-0.1, -0.05) is 30.4 Å². The molecule has 1 aromatic heterocycles. The number of para-hydroxylation sites is 1. The number of nitrogens with one attached hydrogen (secondary N) is 1. The molecular formula is C21H24N3OS+. The number of fused-ring (bicyclic) bond motifs is 1. The Morgan fingerprint density at radius 3 is 2.42 bits per heavy atom. The van der Waals surface area contributed by atoms with Crippen LogP contribution in [0, 0.1) is 4.64 Å². The van der Waals surface area contributed by atoms with E-state index in [1.807, 2.05) is 18.2 Å². The molecule has 0 bridgehead atoms. The maximum Gasteiger partial charge on any atom is 0.158 e. The molecule has 1 aliphatic heterocycles. The van der Waals surface area contributed by atoms with E-state index in [2.05, 4.69) is 51.9 Å². The molecule has 4 nitrogen and oxygen atoms in total. The Bertz CT molecular complexity index is 943. The Balaban J connectivity index is 1.46. The lowest BCUT2D eigenvalue weighted by atomic mass is 10.2. The standard InChI is InChI=1S/C21H23N3OS/c1-25-19-9-7-18(8-10-19)23-14-12-22(13-15-23)16-24-20-5-3-2-4-17(20)6-11-21(24)26/h2-11H,12-16H2,1H3/p+1. The van der Waals surface area contributed by atoms with Crippen LogP contribution in [0.15, 0.2) is 60.7 Å². The van der Waals surface area contributed by atoms with Crippen LogP contribution >= 0.6 is 12.2 Å². The van der Waals surface area contributed by atoms with Crippen LogP contribution in [0.2, 0.25) is 0 Å². The average molecular weight is 367 g/mol. The predicted octanol–water partition coefficient (Wildman–Crippen LogP) is 2.74. The zero-order valence-corrected chi connectivity index (χ0v) is 15.8. The van der Waals surface area contributed by atoms with Crippen molar-refractivity contribution in [1.82, 2.24) is 4.57 Å². The van der Waals surface area contributed by atoms with Crippen LogP contribution in [0.5, 0.6) is 5.75 Å². The normalized spacial score (nSPS) is 15.3. The van der Waals surface area contributed by atoms with E-state index in [9.17, 15) is 0 Å². The molecule has 26 heavy (non-hydrogen) atoms. The molecule has 5 heteroatoms. The van der Waals surface area contributed by atoms with Gasteiger partial charge < -0.3 is 14.5 Å². The van der Waals surface area contributed by atoms with Crippen LogP contribution in [0.25, 0.3) is 10.9 Å². The average Bonchev–Trinajstić information content (AvgIpc) is 2.71. The molecule has 0 amide bonds. The lowest BCUT2D eigenvalue weighted by Gasteiger charge is -2.34. The fourth-order valence-corrected chi connectivity index (χ4v) is 3.89. The molecule has 0 saturated carbocycles. The summed E-state index contributed by atoms with van der Waals surface area (Å²) in [6.45, 7) is 5.25. The van der Waals surface area contributed by atoms with Gasteiger partial charge in [0, 0.05) is 5.69 Å². The molecule has 1 N–H and O–H groups in total. The van der Waals surface area contributed by atoms with E-state index in [0.717, 1.165) is 43.2 Å². The number of aromatic nitrogens is 1. The van der Waals surface area contributed by atoms with Gasteiger partial charge in [0.1, 0.15) is 10.4 Å². The number of quaternary nitrogens is 1. The van der Waals surface area contributed by atoms with Gasteiger partial charge in [-0.15, -0.1) is 0 Å². The fourth-order valence-electron chi connectivity index (χ4n) is 3.66. The van der Waals surface area contributed by atoms with Gasteiger partial charge in [0.15, 0.2) is 6.67 Å². The highest BCUT2D eigenvalue weighted by molar-refractivity contribution is 7.71. The summed E-state index contributed by atoms with van der Waals surface area (Å²) in [5.74, 6) is 0.906. The van der Waals surface area contributed by atoms with Gasteiger partial charge in [0.25, 0.3) is 0 Å². The fraction of sp³-hybridized carbons (Fsp3) is 0.286. The maximum atomic E-state index is 5.60. The summed E-state index contributed by atoms with van der Waals surface area (Å²) < 4.78 is 8.44. The summed E-state index contributed by atoms with van der Waals surface area (Å²) in [6.07, 6.45) is 0. The van der Waals surface area contributed by atoms with Crippen molar-refractivity contribution in [3.63, 3.8) is 0 Å². The number of benzene rings is 2. The van der Waals surface area contributed by atoms with Crippen LogP contribution < -0.4 is 14.5 Å². The Hall–Kier alpha value is -2.37. The minimum atomic E-state index is 0.906. The van der Waals surface area contributed by atoms with Crippen LogP contribution in [-0.4, -0.2) is 37.9 Å². The third-order valence-corrected chi connectivity index (χ3v) is 5.55. The summed E-state index contributed by atoms with van der Waals surface area (Å²) in [7, 11) is 1.70. The van der Waals surface area contributed by atoms with Gasteiger partial charge in [-0.05, 0) is 47.9 Å². The third-order valence-electron chi connectivity index (χ3n) is 5.19. The Labute approximate surface area is 159 Å². The Morgan fingerprint density at radius 1 is 0.962 bits per heavy atom. The molecule has 1 aliphatic rings. The van der Waals surface area contributed by atoms with Crippen LogP contribution in [-0.2, 0) is 6.67 Å². The molecular weight excluding hydrogens is 342 g/mol.